The third-order valence-corrected chi connectivity index (χ3v) is 4.17. The van der Waals surface area contributed by atoms with Crippen LogP contribution in [0, 0.1) is 0 Å². The van der Waals surface area contributed by atoms with Crippen molar-refractivity contribution in [3.05, 3.63) is 34.8 Å². The number of rotatable bonds is 4. The summed E-state index contributed by atoms with van der Waals surface area (Å²) in [5, 5.41) is 6.33. The third-order valence-electron chi connectivity index (χ3n) is 2.25. The van der Waals surface area contributed by atoms with Crippen LogP contribution in [-0.4, -0.2) is 20.8 Å². The number of halogens is 2. The van der Waals surface area contributed by atoms with Crippen molar-refractivity contribution in [3.63, 3.8) is 0 Å². The molecule has 0 amide bonds. The van der Waals surface area contributed by atoms with Crippen LogP contribution in [0.4, 0.5) is 14.5 Å². The summed E-state index contributed by atoms with van der Waals surface area (Å²) in [5.41, 5.74) is 0.383. The molecule has 0 aliphatic heterocycles. The summed E-state index contributed by atoms with van der Waals surface area (Å²) < 4.78 is 28.9. The quantitative estimate of drug-likeness (QED) is 0.682. The molecule has 0 bridgehead atoms. The van der Waals surface area contributed by atoms with E-state index in [4.69, 9.17) is 12.2 Å². The summed E-state index contributed by atoms with van der Waals surface area (Å²) in [7, 11) is 0. The van der Waals surface area contributed by atoms with Gasteiger partial charge in [0.25, 0.3) is 6.43 Å². The average Bonchev–Trinajstić information content (AvgIpc) is 2.88. The summed E-state index contributed by atoms with van der Waals surface area (Å²) in [6.45, 7) is 0. The minimum absolute atomic E-state index is 0.208. The Kier molecular flexibility index (Phi) is 4.78. The number of aromatic nitrogens is 2. The van der Waals surface area contributed by atoms with E-state index < -0.39 is 6.43 Å². The van der Waals surface area contributed by atoms with Gasteiger partial charge >= 0.3 is 0 Å². The van der Waals surface area contributed by atoms with Crippen LogP contribution in [0.5, 0.6) is 0 Å². The number of thioether (sulfide) groups is 1. The highest BCUT2D eigenvalue weighted by molar-refractivity contribution is 7.98. The highest BCUT2D eigenvalue weighted by Gasteiger charge is 2.20. The molecule has 1 aromatic heterocycles. The molecule has 0 unspecified atom stereocenters. The molecule has 0 radical (unpaired) electrons. The molecule has 0 spiro atoms. The molecule has 1 N–H and O–H groups in total. The Bertz CT molecular complexity index is 586. The molecule has 0 aliphatic carbocycles. The monoisotopic (exact) mass is 317 g/mol. The predicted octanol–water partition coefficient (Wildman–Crippen LogP) is 3.99. The van der Waals surface area contributed by atoms with E-state index in [2.05, 4.69) is 14.9 Å². The fourth-order valence-corrected chi connectivity index (χ4v) is 2.75. The zero-order valence-electron chi connectivity index (χ0n) is 9.76. The van der Waals surface area contributed by atoms with Gasteiger partial charge < -0.3 is 5.32 Å². The van der Waals surface area contributed by atoms with Gasteiger partial charge in [-0.25, -0.2) is 8.78 Å². The summed E-state index contributed by atoms with van der Waals surface area (Å²) >= 11 is 7.58. The molecule has 0 fully saturated rings. The zero-order chi connectivity index (χ0) is 13.8. The van der Waals surface area contributed by atoms with Crippen molar-refractivity contribution in [2.45, 2.75) is 11.3 Å². The van der Waals surface area contributed by atoms with Crippen molar-refractivity contribution < 1.29 is 8.78 Å². The molecule has 8 heteroatoms. The minimum Gasteiger partial charge on any atom is -0.345 e. The van der Waals surface area contributed by atoms with E-state index in [1.165, 1.54) is 0 Å². The number of thiocarbonyl (C=S) groups is 1. The number of nitrogens with zero attached hydrogens (tertiary/aromatic N) is 2. The van der Waals surface area contributed by atoms with E-state index >= 15 is 0 Å². The van der Waals surface area contributed by atoms with E-state index in [1.807, 2.05) is 30.5 Å². The Morgan fingerprint density at radius 3 is 2.95 bits per heavy atom. The summed E-state index contributed by atoms with van der Waals surface area (Å²) in [6.07, 6.45) is -0.717. The van der Waals surface area contributed by atoms with Crippen molar-refractivity contribution in [3.8, 4) is 0 Å². The molecule has 2 rings (SSSR count). The Balaban J connectivity index is 2.18. The molecule has 1 aromatic carbocycles. The lowest BCUT2D eigenvalue weighted by Crippen LogP contribution is -2.11. The van der Waals surface area contributed by atoms with Crippen LogP contribution in [0.15, 0.2) is 29.2 Å². The lowest BCUT2D eigenvalue weighted by atomic mass is 10.3. The first-order valence-corrected chi connectivity index (χ1v) is 7.58. The van der Waals surface area contributed by atoms with E-state index in [1.54, 1.807) is 11.8 Å². The molecule has 0 saturated carbocycles. The van der Waals surface area contributed by atoms with Crippen molar-refractivity contribution >= 4 is 46.2 Å². The standard InChI is InChI=1S/C11H9F2N3S3/c1-18-7-4-2-3-6(5-7)14-11(17)9-8(10(12)13)15-16-19-9/h2-5,10H,1H3,(H,14,17). The normalized spacial score (nSPS) is 10.7. The van der Waals surface area contributed by atoms with E-state index in [0.717, 1.165) is 22.1 Å². The molecule has 0 atom stereocenters. The van der Waals surface area contributed by atoms with Gasteiger partial charge in [0, 0.05) is 10.6 Å². The van der Waals surface area contributed by atoms with Gasteiger partial charge in [0.1, 0.15) is 9.87 Å². The summed E-state index contributed by atoms with van der Waals surface area (Å²) in [6, 6.07) is 7.55. The zero-order valence-corrected chi connectivity index (χ0v) is 12.2. The van der Waals surface area contributed by atoms with Gasteiger partial charge in [-0.05, 0) is 36.0 Å². The van der Waals surface area contributed by atoms with Gasteiger partial charge in [-0.1, -0.05) is 22.8 Å². The fourth-order valence-electron chi connectivity index (χ4n) is 1.39. The minimum atomic E-state index is -2.67. The van der Waals surface area contributed by atoms with Crippen LogP contribution in [0.25, 0.3) is 0 Å². The van der Waals surface area contributed by atoms with Gasteiger partial charge in [0.05, 0.1) is 0 Å². The lowest BCUT2D eigenvalue weighted by molar-refractivity contribution is 0.146. The van der Waals surface area contributed by atoms with Gasteiger partial charge in [0.15, 0.2) is 5.69 Å². The molecule has 0 aliphatic rings. The maximum Gasteiger partial charge on any atom is 0.283 e. The third kappa shape index (κ3) is 3.46. The highest BCUT2D eigenvalue weighted by atomic mass is 32.2. The molecular weight excluding hydrogens is 308 g/mol. The van der Waals surface area contributed by atoms with E-state index in [0.29, 0.717) is 0 Å². The predicted molar refractivity (Wildman–Crippen MR) is 78.4 cm³/mol. The lowest BCUT2D eigenvalue weighted by Gasteiger charge is -2.08. The number of alkyl halides is 2. The largest absolute Gasteiger partial charge is 0.345 e. The molecular formula is C11H9F2N3S3. The Labute approximate surface area is 122 Å². The molecule has 19 heavy (non-hydrogen) atoms. The maximum absolute atomic E-state index is 12.7. The topological polar surface area (TPSA) is 37.8 Å². The molecule has 2 aromatic rings. The number of nitrogens with one attached hydrogen (secondary N) is 1. The molecule has 3 nitrogen and oxygen atoms in total. The van der Waals surface area contributed by atoms with Crippen LogP contribution >= 0.6 is 35.5 Å². The first-order valence-electron chi connectivity index (χ1n) is 5.17. The Hall–Kier alpha value is -1.12. The Morgan fingerprint density at radius 1 is 1.47 bits per heavy atom. The van der Waals surface area contributed by atoms with Gasteiger partial charge in [-0.2, -0.15) is 0 Å². The van der Waals surface area contributed by atoms with Crippen molar-refractivity contribution in [1.29, 1.82) is 0 Å². The summed E-state index contributed by atoms with van der Waals surface area (Å²) in [5.74, 6) is 0. The van der Waals surface area contributed by atoms with Gasteiger partial charge in [0.2, 0.25) is 0 Å². The van der Waals surface area contributed by atoms with Gasteiger partial charge in [-0.3, -0.25) is 0 Å². The second kappa shape index (κ2) is 6.36. The molecule has 0 saturated heterocycles. The number of hydrogen-bond acceptors (Lipinski definition) is 5. The Morgan fingerprint density at radius 2 is 2.26 bits per heavy atom. The number of anilines is 1. The van der Waals surface area contributed by atoms with E-state index in [-0.39, 0.29) is 15.6 Å². The second-order valence-corrected chi connectivity index (χ2v) is 5.52. The fraction of sp³-hybridized carbons (Fsp3) is 0.182. The second-order valence-electron chi connectivity index (χ2n) is 3.47. The van der Waals surface area contributed by atoms with Crippen molar-refractivity contribution in [1.82, 2.24) is 9.59 Å². The molecule has 1 heterocycles. The van der Waals surface area contributed by atoms with E-state index in [9.17, 15) is 8.78 Å². The van der Waals surface area contributed by atoms with Crippen LogP contribution in [0.2, 0.25) is 0 Å². The van der Waals surface area contributed by atoms with Crippen molar-refractivity contribution in [2.75, 3.05) is 11.6 Å². The SMILES string of the molecule is CSc1cccc(NC(=S)c2snnc2C(F)F)c1. The van der Waals surface area contributed by atoms with Crippen LogP contribution in [-0.2, 0) is 0 Å². The number of hydrogen-bond donors (Lipinski definition) is 1. The number of benzene rings is 1. The van der Waals surface area contributed by atoms with Crippen LogP contribution in [0.1, 0.15) is 17.0 Å². The summed E-state index contributed by atoms with van der Waals surface area (Å²) in [4.78, 5) is 1.48. The smallest absolute Gasteiger partial charge is 0.283 e. The highest BCUT2D eigenvalue weighted by Crippen LogP contribution is 2.25. The van der Waals surface area contributed by atoms with Crippen LogP contribution in [0.3, 0.4) is 0 Å². The van der Waals surface area contributed by atoms with Crippen molar-refractivity contribution in [2.24, 2.45) is 0 Å². The average molecular weight is 317 g/mol. The first-order chi connectivity index (χ1) is 9.11. The maximum atomic E-state index is 12.7. The van der Waals surface area contributed by atoms with Gasteiger partial charge in [-0.15, -0.1) is 16.9 Å². The van der Waals surface area contributed by atoms with Crippen LogP contribution < -0.4 is 5.32 Å². The first kappa shape index (κ1) is 14.3. The molecule has 100 valence electrons.